The van der Waals surface area contributed by atoms with Crippen molar-refractivity contribution in [1.29, 1.82) is 0 Å². The maximum atomic E-state index is 12.6. The third kappa shape index (κ3) is 4.05. The van der Waals surface area contributed by atoms with Gasteiger partial charge in [0.15, 0.2) is 0 Å². The molecule has 0 aliphatic carbocycles. The van der Waals surface area contributed by atoms with Crippen LogP contribution in [0, 0.1) is 6.92 Å². The van der Waals surface area contributed by atoms with Gasteiger partial charge in [-0.2, -0.15) is 0 Å². The van der Waals surface area contributed by atoms with Gasteiger partial charge in [0.2, 0.25) is 10.0 Å². The molecule has 1 unspecified atom stereocenters. The molecule has 6 nitrogen and oxygen atoms in total. The summed E-state index contributed by atoms with van der Waals surface area (Å²) in [7, 11) is -3.56. The van der Waals surface area contributed by atoms with Crippen LogP contribution in [0.2, 0.25) is 0 Å². The van der Waals surface area contributed by atoms with Crippen LogP contribution in [0.15, 0.2) is 52.0 Å². The van der Waals surface area contributed by atoms with Crippen LogP contribution in [-0.2, 0) is 14.8 Å². The second kappa shape index (κ2) is 7.48. The van der Waals surface area contributed by atoms with Gasteiger partial charge < -0.3 is 9.15 Å². The quantitative estimate of drug-likeness (QED) is 0.862. The fraction of sp³-hybridized carbons (Fsp3) is 0.412. The topological polar surface area (TPSA) is 71.8 Å². The van der Waals surface area contributed by atoms with Crippen molar-refractivity contribution >= 4 is 10.0 Å². The van der Waals surface area contributed by atoms with E-state index in [0.717, 1.165) is 24.4 Å². The van der Waals surface area contributed by atoms with Crippen LogP contribution < -0.4 is 4.72 Å². The first-order chi connectivity index (χ1) is 11.6. The van der Waals surface area contributed by atoms with Gasteiger partial charge in [-0.1, -0.05) is 12.1 Å². The highest BCUT2D eigenvalue weighted by Crippen LogP contribution is 2.22. The lowest BCUT2D eigenvalue weighted by atomic mass is 10.2. The van der Waals surface area contributed by atoms with Crippen LogP contribution in [0.4, 0.5) is 0 Å². The van der Waals surface area contributed by atoms with E-state index in [1.807, 2.05) is 25.1 Å². The molecule has 0 bridgehead atoms. The largest absolute Gasteiger partial charge is 0.468 e. The third-order valence-corrected chi connectivity index (χ3v) is 5.55. The van der Waals surface area contributed by atoms with E-state index in [4.69, 9.17) is 9.15 Å². The zero-order valence-electron chi connectivity index (χ0n) is 13.6. The van der Waals surface area contributed by atoms with E-state index in [1.54, 1.807) is 24.5 Å². The summed E-state index contributed by atoms with van der Waals surface area (Å²) in [5.74, 6) is 0.754. The summed E-state index contributed by atoms with van der Waals surface area (Å²) >= 11 is 0. The summed E-state index contributed by atoms with van der Waals surface area (Å²) in [6, 6.07) is 10.4. The van der Waals surface area contributed by atoms with Gasteiger partial charge in [-0.25, -0.2) is 13.1 Å². The van der Waals surface area contributed by atoms with Crippen molar-refractivity contribution in [3.63, 3.8) is 0 Å². The van der Waals surface area contributed by atoms with E-state index in [1.165, 1.54) is 0 Å². The highest BCUT2D eigenvalue weighted by Gasteiger charge is 2.26. The van der Waals surface area contributed by atoms with Crippen molar-refractivity contribution in [2.45, 2.75) is 17.9 Å². The van der Waals surface area contributed by atoms with Crippen LogP contribution >= 0.6 is 0 Å². The smallest absolute Gasteiger partial charge is 0.240 e. The van der Waals surface area contributed by atoms with Gasteiger partial charge in [0, 0.05) is 19.6 Å². The van der Waals surface area contributed by atoms with Gasteiger partial charge in [0.1, 0.15) is 5.76 Å². The molecule has 24 heavy (non-hydrogen) atoms. The van der Waals surface area contributed by atoms with Gasteiger partial charge in [-0.15, -0.1) is 0 Å². The second-order valence-corrected chi connectivity index (χ2v) is 7.61. The first-order valence-electron chi connectivity index (χ1n) is 7.98. The average Bonchev–Trinajstić information content (AvgIpc) is 3.10. The Morgan fingerprint density at radius 3 is 2.67 bits per heavy atom. The van der Waals surface area contributed by atoms with Gasteiger partial charge >= 0.3 is 0 Å². The number of morpholine rings is 1. The number of nitrogens with one attached hydrogen (secondary N) is 1. The van der Waals surface area contributed by atoms with Crippen LogP contribution in [0.5, 0.6) is 0 Å². The molecule has 1 aromatic heterocycles. The molecule has 0 spiro atoms. The molecule has 0 saturated carbocycles. The molecule has 0 amide bonds. The maximum absolute atomic E-state index is 12.6. The van der Waals surface area contributed by atoms with Gasteiger partial charge in [0.05, 0.1) is 30.4 Å². The van der Waals surface area contributed by atoms with Gasteiger partial charge in [-0.05, 0) is 36.8 Å². The molecule has 7 heteroatoms. The van der Waals surface area contributed by atoms with E-state index < -0.39 is 10.0 Å². The summed E-state index contributed by atoms with van der Waals surface area (Å²) in [5.41, 5.74) is 0.911. The summed E-state index contributed by atoms with van der Waals surface area (Å²) < 4.78 is 38.7. The summed E-state index contributed by atoms with van der Waals surface area (Å²) in [5, 5.41) is 0. The molecule has 1 aliphatic heterocycles. The Morgan fingerprint density at radius 1 is 1.21 bits per heavy atom. The predicted octanol–water partition coefficient (Wildman–Crippen LogP) is 1.94. The Hall–Kier alpha value is -1.67. The van der Waals surface area contributed by atoms with Gasteiger partial charge in [0.25, 0.3) is 0 Å². The Morgan fingerprint density at radius 2 is 2.00 bits per heavy atom. The Labute approximate surface area is 142 Å². The molecule has 1 saturated heterocycles. The first-order valence-corrected chi connectivity index (χ1v) is 9.46. The van der Waals surface area contributed by atoms with Crippen molar-refractivity contribution < 1.29 is 17.6 Å². The normalized spacial score (nSPS) is 17.7. The molecule has 1 atom stereocenters. The fourth-order valence-electron chi connectivity index (χ4n) is 2.83. The number of benzene rings is 1. The van der Waals surface area contributed by atoms with Crippen LogP contribution in [0.3, 0.4) is 0 Å². The van der Waals surface area contributed by atoms with Crippen LogP contribution in [0.25, 0.3) is 0 Å². The first kappa shape index (κ1) is 17.2. The number of aryl methyl sites for hydroxylation is 1. The second-order valence-electron chi connectivity index (χ2n) is 5.85. The van der Waals surface area contributed by atoms with E-state index in [-0.39, 0.29) is 17.5 Å². The molecule has 2 heterocycles. The predicted molar refractivity (Wildman–Crippen MR) is 90.2 cm³/mol. The molecule has 2 aromatic rings. The molecule has 1 N–H and O–H groups in total. The lowest BCUT2D eigenvalue weighted by Crippen LogP contribution is -2.43. The number of sulfonamides is 1. The molecular formula is C17H22N2O4S. The molecule has 1 aliphatic rings. The highest BCUT2D eigenvalue weighted by molar-refractivity contribution is 7.89. The molecule has 0 radical (unpaired) electrons. The van der Waals surface area contributed by atoms with Crippen molar-refractivity contribution in [3.8, 4) is 0 Å². The van der Waals surface area contributed by atoms with E-state index in [0.29, 0.717) is 13.2 Å². The van der Waals surface area contributed by atoms with Crippen molar-refractivity contribution in [2.75, 3.05) is 32.8 Å². The number of nitrogens with zero attached hydrogens (tertiary/aromatic N) is 1. The number of furan rings is 1. The highest BCUT2D eigenvalue weighted by atomic mass is 32.2. The molecule has 1 aromatic carbocycles. The van der Waals surface area contributed by atoms with Gasteiger partial charge in [-0.3, -0.25) is 4.90 Å². The minimum Gasteiger partial charge on any atom is -0.468 e. The van der Waals surface area contributed by atoms with E-state index >= 15 is 0 Å². The number of ether oxygens (including phenoxy) is 1. The molecule has 1 fully saturated rings. The molecule has 130 valence electrons. The van der Waals surface area contributed by atoms with Crippen molar-refractivity contribution in [3.05, 3.63) is 54.0 Å². The van der Waals surface area contributed by atoms with Crippen molar-refractivity contribution in [2.24, 2.45) is 0 Å². The number of hydrogen-bond acceptors (Lipinski definition) is 5. The monoisotopic (exact) mass is 350 g/mol. The molecule has 3 rings (SSSR count). The minimum absolute atomic E-state index is 0.150. The summed E-state index contributed by atoms with van der Waals surface area (Å²) in [4.78, 5) is 2.46. The standard InChI is InChI=1S/C17H22N2O4S/c1-14-4-2-5-15(12-14)24(20,21)18-13-16(17-6-3-9-23-17)19-7-10-22-11-8-19/h2-6,9,12,16,18H,7-8,10-11,13H2,1H3. The minimum atomic E-state index is -3.56. The summed E-state index contributed by atoms with van der Waals surface area (Å²) in [6.07, 6.45) is 1.61. The third-order valence-electron chi connectivity index (χ3n) is 4.12. The average molecular weight is 350 g/mol. The number of rotatable bonds is 6. The lowest BCUT2D eigenvalue weighted by molar-refractivity contribution is 0.0128. The van der Waals surface area contributed by atoms with Crippen LogP contribution in [0.1, 0.15) is 17.4 Å². The summed E-state index contributed by atoms with van der Waals surface area (Å²) in [6.45, 7) is 4.90. The Kier molecular flexibility index (Phi) is 5.35. The Bertz CT molecular complexity index is 753. The number of hydrogen-bond donors (Lipinski definition) is 1. The Balaban J connectivity index is 1.75. The lowest BCUT2D eigenvalue weighted by Gasteiger charge is -2.33. The van der Waals surface area contributed by atoms with Crippen molar-refractivity contribution in [1.82, 2.24) is 9.62 Å². The zero-order chi connectivity index (χ0) is 17.0. The van der Waals surface area contributed by atoms with Crippen LogP contribution in [-0.4, -0.2) is 46.2 Å². The van der Waals surface area contributed by atoms with E-state index in [2.05, 4.69) is 9.62 Å². The fourth-order valence-corrected chi connectivity index (χ4v) is 3.98. The maximum Gasteiger partial charge on any atom is 0.240 e. The van der Waals surface area contributed by atoms with E-state index in [9.17, 15) is 8.42 Å². The zero-order valence-corrected chi connectivity index (χ0v) is 14.5. The molecular weight excluding hydrogens is 328 g/mol. The SMILES string of the molecule is Cc1cccc(S(=O)(=O)NCC(c2ccco2)N2CCOCC2)c1.